The molecule has 0 saturated carbocycles. The molecule has 20 heavy (non-hydrogen) atoms. The highest BCUT2D eigenvalue weighted by atomic mass is 32.1. The van der Waals surface area contributed by atoms with Gasteiger partial charge in [-0.15, -0.1) is 11.3 Å². The van der Waals surface area contributed by atoms with Gasteiger partial charge in [0.2, 0.25) is 5.91 Å². The van der Waals surface area contributed by atoms with E-state index in [0.717, 1.165) is 17.1 Å². The number of carbonyl (C=O) groups is 1. The van der Waals surface area contributed by atoms with Crippen LogP contribution in [0.2, 0.25) is 0 Å². The molecule has 1 unspecified atom stereocenters. The van der Waals surface area contributed by atoms with Crippen molar-refractivity contribution in [2.24, 2.45) is 5.73 Å². The molecule has 1 amide bonds. The van der Waals surface area contributed by atoms with Gasteiger partial charge >= 0.3 is 0 Å². The quantitative estimate of drug-likeness (QED) is 0.855. The number of hydrogen-bond donors (Lipinski definition) is 2. The Morgan fingerprint density at radius 2 is 2.05 bits per heavy atom. The van der Waals surface area contributed by atoms with Gasteiger partial charge in [0.1, 0.15) is 6.04 Å². The van der Waals surface area contributed by atoms with Gasteiger partial charge in [-0.3, -0.25) is 4.79 Å². The topological polar surface area (TPSA) is 58.4 Å². The summed E-state index contributed by atoms with van der Waals surface area (Å²) in [6.07, 6.45) is 0. The van der Waals surface area contributed by atoms with E-state index in [0.29, 0.717) is 6.54 Å². The van der Waals surface area contributed by atoms with E-state index >= 15 is 0 Å². The summed E-state index contributed by atoms with van der Waals surface area (Å²) in [5.41, 5.74) is 7.02. The lowest BCUT2D eigenvalue weighted by Gasteiger charge is -2.20. The highest BCUT2D eigenvalue weighted by Gasteiger charge is 2.15. The van der Waals surface area contributed by atoms with Crippen molar-refractivity contribution in [2.45, 2.75) is 6.04 Å². The van der Waals surface area contributed by atoms with Crippen LogP contribution in [0.1, 0.15) is 10.9 Å². The molecule has 1 aromatic carbocycles. The summed E-state index contributed by atoms with van der Waals surface area (Å²) >= 11 is 1.50. The Morgan fingerprint density at radius 3 is 2.70 bits per heavy atom. The maximum atomic E-state index is 11.9. The minimum Gasteiger partial charge on any atom is -0.373 e. The maximum Gasteiger partial charge on any atom is 0.242 e. The van der Waals surface area contributed by atoms with E-state index in [4.69, 9.17) is 5.73 Å². The standard InChI is InChI=1S/C15H19N3OS/c1-18(12-6-3-2-4-7-12)10-9-17-15(19)14(16)13-8-5-11-20-13/h2-8,11,14H,9-10,16H2,1H3,(H,17,19). The molecule has 0 spiro atoms. The zero-order chi connectivity index (χ0) is 14.4. The third-order valence-electron chi connectivity index (χ3n) is 3.08. The summed E-state index contributed by atoms with van der Waals surface area (Å²) in [4.78, 5) is 14.9. The van der Waals surface area contributed by atoms with Gasteiger partial charge in [-0.05, 0) is 23.6 Å². The highest BCUT2D eigenvalue weighted by molar-refractivity contribution is 7.10. The largest absolute Gasteiger partial charge is 0.373 e. The Hall–Kier alpha value is -1.85. The summed E-state index contributed by atoms with van der Waals surface area (Å²) < 4.78 is 0. The number of nitrogens with one attached hydrogen (secondary N) is 1. The molecule has 106 valence electrons. The molecule has 0 fully saturated rings. The van der Waals surface area contributed by atoms with Crippen molar-refractivity contribution in [3.63, 3.8) is 0 Å². The van der Waals surface area contributed by atoms with E-state index in [1.54, 1.807) is 0 Å². The van der Waals surface area contributed by atoms with Crippen LogP contribution in [0.4, 0.5) is 5.69 Å². The van der Waals surface area contributed by atoms with Gasteiger partial charge < -0.3 is 16.0 Å². The molecule has 2 aromatic rings. The lowest BCUT2D eigenvalue weighted by molar-refractivity contribution is -0.122. The van der Waals surface area contributed by atoms with Crippen LogP contribution in [0.3, 0.4) is 0 Å². The van der Waals surface area contributed by atoms with Gasteiger partial charge in [-0.2, -0.15) is 0 Å². The van der Waals surface area contributed by atoms with Crippen molar-refractivity contribution in [1.82, 2.24) is 5.32 Å². The van der Waals surface area contributed by atoms with Gasteiger partial charge in [0.15, 0.2) is 0 Å². The SMILES string of the molecule is CN(CCNC(=O)C(N)c1cccs1)c1ccccc1. The fourth-order valence-corrected chi connectivity index (χ4v) is 2.59. The average molecular weight is 289 g/mol. The van der Waals surface area contributed by atoms with E-state index in [9.17, 15) is 4.79 Å². The van der Waals surface area contributed by atoms with E-state index in [2.05, 4.69) is 10.2 Å². The second-order valence-electron chi connectivity index (χ2n) is 4.54. The number of hydrogen-bond acceptors (Lipinski definition) is 4. The Morgan fingerprint density at radius 1 is 1.30 bits per heavy atom. The number of amides is 1. The first-order valence-electron chi connectivity index (χ1n) is 6.51. The number of para-hydroxylation sites is 1. The number of likely N-dealkylation sites (N-methyl/N-ethyl adjacent to an activating group) is 1. The zero-order valence-corrected chi connectivity index (χ0v) is 12.3. The van der Waals surface area contributed by atoms with Crippen LogP contribution in [-0.2, 0) is 4.79 Å². The Balaban J connectivity index is 1.77. The number of nitrogens with zero attached hydrogens (tertiary/aromatic N) is 1. The predicted octanol–water partition coefficient (Wildman–Crippen LogP) is 2.00. The smallest absolute Gasteiger partial charge is 0.242 e. The second kappa shape index (κ2) is 7.07. The molecule has 5 heteroatoms. The van der Waals surface area contributed by atoms with Crippen LogP contribution in [0, 0.1) is 0 Å². The number of benzene rings is 1. The van der Waals surface area contributed by atoms with Crippen LogP contribution < -0.4 is 16.0 Å². The van der Waals surface area contributed by atoms with E-state index < -0.39 is 6.04 Å². The van der Waals surface area contributed by atoms with E-state index in [-0.39, 0.29) is 5.91 Å². The summed E-state index contributed by atoms with van der Waals surface area (Å²) in [5.74, 6) is -0.131. The summed E-state index contributed by atoms with van der Waals surface area (Å²) in [5, 5.41) is 4.79. The van der Waals surface area contributed by atoms with Crippen LogP contribution in [0.5, 0.6) is 0 Å². The summed E-state index contributed by atoms with van der Waals surface area (Å²) in [6.45, 7) is 1.32. The van der Waals surface area contributed by atoms with Crippen molar-refractivity contribution in [3.8, 4) is 0 Å². The second-order valence-corrected chi connectivity index (χ2v) is 5.52. The summed E-state index contributed by atoms with van der Waals surface area (Å²) in [7, 11) is 2.00. The van der Waals surface area contributed by atoms with Crippen LogP contribution in [0.15, 0.2) is 47.8 Å². The molecule has 0 bridgehead atoms. The lowest BCUT2D eigenvalue weighted by atomic mass is 10.2. The summed E-state index contributed by atoms with van der Waals surface area (Å²) in [6, 6.07) is 13.3. The molecule has 0 aliphatic rings. The average Bonchev–Trinajstić information content (AvgIpc) is 3.01. The predicted molar refractivity (Wildman–Crippen MR) is 84.0 cm³/mol. The van der Waals surface area contributed by atoms with Gasteiger partial charge in [0.05, 0.1) is 0 Å². The van der Waals surface area contributed by atoms with Gasteiger partial charge in [-0.25, -0.2) is 0 Å². The Labute approximate surface area is 123 Å². The minimum absolute atomic E-state index is 0.131. The van der Waals surface area contributed by atoms with E-state index in [1.165, 1.54) is 11.3 Å². The fourth-order valence-electron chi connectivity index (χ4n) is 1.87. The minimum atomic E-state index is -0.572. The molecule has 1 aromatic heterocycles. The number of nitrogens with two attached hydrogens (primary N) is 1. The molecule has 0 aliphatic carbocycles. The Kier molecular flexibility index (Phi) is 5.15. The van der Waals surface area contributed by atoms with Crippen molar-refractivity contribution in [1.29, 1.82) is 0 Å². The molecule has 0 aliphatic heterocycles. The van der Waals surface area contributed by atoms with Crippen molar-refractivity contribution in [3.05, 3.63) is 52.7 Å². The van der Waals surface area contributed by atoms with Crippen molar-refractivity contribution in [2.75, 3.05) is 25.0 Å². The number of carbonyl (C=O) groups excluding carboxylic acids is 1. The number of rotatable bonds is 6. The fraction of sp³-hybridized carbons (Fsp3) is 0.267. The van der Waals surface area contributed by atoms with Crippen molar-refractivity contribution < 1.29 is 4.79 Å². The van der Waals surface area contributed by atoms with Gasteiger partial charge in [0.25, 0.3) is 0 Å². The molecule has 0 saturated heterocycles. The van der Waals surface area contributed by atoms with Gasteiger partial charge in [0, 0.05) is 30.7 Å². The molecule has 4 nitrogen and oxygen atoms in total. The maximum absolute atomic E-state index is 11.9. The number of anilines is 1. The molecule has 2 rings (SSSR count). The first-order chi connectivity index (χ1) is 9.68. The van der Waals surface area contributed by atoms with Crippen molar-refractivity contribution >= 4 is 22.9 Å². The van der Waals surface area contributed by atoms with Gasteiger partial charge in [-0.1, -0.05) is 24.3 Å². The molecular formula is C15H19N3OS. The number of thiophene rings is 1. The van der Waals surface area contributed by atoms with E-state index in [1.807, 2.05) is 54.9 Å². The molecule has 1 atom stereocenters. The third-order valence-corrected chi connectivity index (χ3v) is 4.03. The van der Waals surface area contributed by atoms with Crippen LogP contribution in [0.25, 0.3) is 0 Å². The lowest BCUT2D eigenvalue weighted by Crippen LogP contribution is -2.38. The molecule has 1 heterocycles. The molecule has 3 N–H and O–H groups in total. The molecular weight excluding hydrogens is 270 g/mol. The molecule has 0 radical (unpaired) electrons. The zero-order valence-electron chi connectivity index (χ0n) is 11.5. The third kappa shape index (κ3) is 3.82. The first kappa shape index (κ1) is 14.6. The highest BCUT2D eigenvalue weighted by Crippen LogP contribution is 2.16. The Bertz CT molecular complexity index is 527. The van der Waals surface area contributed by atoms with Crippen LogP contribution in [-0.4, -0.2) is 26.0 Å². The first-order valence-corrected chi connectivity index (χ1v) is 7.39. The van der Waals surface area contributed by atoms with Crippen LogP contribution >= 0.6 is 11.3 Å². The normalized spacial score (nSPS) is 11.9. The monoisotopic (exact) mass is 289 g/mol.